The van der Waals surface area contributed by atoms with Gasteiger partial charge in [-0.15, -0.1) is 6.58 Å². The molecule has 2 amide bonds. The largest absolute Gasteiger partial charge is 0.352 e. The van der Waals surface area contributed by atoms with Crippen molar-refractivity contribution < 1.29 is 18.0 Å². The fourth-order valence-electron chi connectivity index (χ4n) is 3.49. The first kappa shape index (κ1) is 22.6. The van der Waals surface area contributed by atoms with Gasteiger partial charge in [0.15, 0.2) is 0 Å². The van der Waals surface area contributed by atoms with Crippen LogP contribution in [-0.2, 0) is 14.8 Å². The highest BCUT2D eigenvalue weighted by molar-refractivity contribution is 7.92. The maximum absolute atomic E-state index is 12.9. The standard InChI is InChI=1S/C23H27N3O4S/c1-3-14-24-22(27)19-5-4-15-26(16-19)23(28)18-8-10-20(11-9-18)25-31(29,30)21-12-6-17(2)7-13-21/h3,6-13,19,25H,1,4-5,14-16H2,2H3,(H,24,27)/t19-/m1/s1. The number of hydrogen-bond acceptors (Lipinski definition) is 4. The van der Waals surface area contributed by atoms with Gasteiger partial charge in [0.2, 0.25) is 5.91 Å². The fourth-order valence-corrected chi connectivity index (χ4v) is 4.55. The normalized spacial score (nSPS) is 16.4. The lowest BCUT2D eigenvalue weighted by Gasteiger charge is -2.32. The summed E-state index contributed by atoms with van der Waals surface area (Å²) in [4.78, 5) is 26.9. The zero-order chi connectivity index (χ0) is 22.4. The van der Waals surface area contributed by atoms with Crippen molar-refractivity contribution in [1.82, 2.24) is 10.2 Å². The molecule has 0 unspecified atom stereocenters. The monoisotopic (exact) mass is 441 g/mol. The molecule has 1 fully saturated rings. The Bertz CT molecular complexity index is 1050. The molecular formula is C23H27N3O4S. The van der Waals surface area contributed by atoms with Crippen molar-refractivity contribution in [2.24, 2.45) is 5.92 Å². The van der Waals surface area contributed by atoms with Crippen LogP contribution in [0.25, 0.3) is 0 Å². The molecular weight excluding hydrogens is 414 g/mol. The number of carbonyl (C=O) groups excluding carboxylic acids is 2. The third-order valence-electron chi connectivity index (χ3n) is 5.22. The van der Waals surface area contributed by atoms with Crippen LogP contribution in [0.2, 0.25) is 0 Å². The van der Waals surface area contributed by atoms with E-state index < -0.39 is 10.0 Å². The van der Waals surface area contributed by atoms with Crippen LogP contribution in [0.5, 0.6) is 0 Å². The average Bonchev–Trinajstić information content (AvgIpc) is 2.77. The predicted octanol–water partition coefficient (Wildman–Crippen LogP) is 2.95. The summed E-state index contributed by atoms with van der Waals surface area (Å²) in [5, 5.41) is 2.79. The van der Waals surface area contributed by atoms with Crippen LogP contribution in [-0.4, -0.2) is 44.8 Å². The maximum atomic E-state index is 12.9. The summed E-state index contributed by atoms with van der Waals surface area (Å²) >= 11 is 0. The van der Waals surface area contributed by atoms with E-state index in [4.69, 9.17) is 0 Å². The third kappa shape index (κ3) is 5.73. The van der Waals surface area contributed by atoms with E-state index >= 15 is 0 Å². The number of aryl methyl sites for hydroxylation is 1. The Kier molecular flexibility index (Phi) is 7.12. The van der Waals surface area contributed by atoms with Gasteiger partial charge in [-0.25, -0.2) is 8.42 Å². The number of sulfonamides is 1. The third-order valence-corrected chi connectivity index (χ3v) is 6.61. The summed E-state index contributed by atoms with van der Waals surface area (Å²) in [5.74, 6) is -0.481. The van der Waals surface area contributed by atoms with Crippen molar-refractivity contribution in [1.29, 1.82) is 0 Å². The van der Waals surface area contributed by atoms with E-state index in [1.165, 1.54) is 0 Å². The molecule has 0 spiro atoms. The Morgan fingerprint density at radius 2 is 1.81 bits per heavy atom. The van der Waals surface area contributed by atoms with Crippen LogP contribution in [0.15, 0.2) is 66.1 Å². The van der Waals surface area contributed by atoms with E-state index in [2.05, 4.69) is 16.6 Å². The molecule has 0 saturated carbocycles. The molecule has 1 saturated heterocycles. The Labute approximate surface area is 183 Å². The highest BCUT2D eigenvalue weighted by atomic mass is 32.2. The number of amides is 2. The summed E-state index contributed by atoms with van der Waals surface area (Å²) in [6, 6.07) is 12.9. The van der Waals surface area contributed by atoms with Gasteiger partial charge < -0.3 is 10.2 Å². The van der Waals surface area contributed by atoms with Gasteiger partial charge in [0.25, 0.3) is 15.9 Å². The molecule has 2 N–H and O–H groups in total. The average molecular weight is 442 g/mol. The first-order valence-corrected chi connectivity index (χ1v) is 11.7. The van der Waals surface area contributed by atoms with Crippen molar-refractivity contribution in [2.75, 3.05) is 24.4 Å². The van der Waals surface area contributed by atoms with Crippen LogP contribution >= 0.6 is 0 Å². The van der Waals surface area contributed by atoms with Crippen molar-refractivity contribution in [2.45, 2.75) is 24.7 Å². The molecule has 1 aliphatic rings. The van der Waals surface area contributed by atoms with Gasteiger partial charge >= 0.3 is 0 Å². The number of nitrogens with one attached hydrogen (secondary N) is 2. The highest BCUT2D eigenvalue weighted by Gasteiger charge is 2.28. The molecule has 1 heterocycles. The Morgan fingerprint density at radius 1 is 1.13 bits per heavy atom. The molecule has 1 aliphatic heterocycles. The van der Waals surface area contributed by atoms with Crippen LogP contribution in [0, 0.1) is 12.8 Å². The van der Waals surface area contributed by atoms with Gasteiger partial charge in [-0.3, -0.25) is 14.3 Å². The van der Waals surface area contributed by atoms with Gasteiger partial charge in [-0.05, 0) is 56.2 Å². The smallest absolute Gasteiger partial charge is 0.261 e. The van der Waals surface area contributed by atoms with Crippen molar-refractivity contribution >= 4 is 27.5 Å². The van der Waals surface area contributed by atoms with E-state index in [0.29, 0.717) is 30.9 Å². The van der Waals surface area contributed by atoms with Crippen LogP contribution in [0.1, 0.15) is 28.8 Å². The number of piperidine rings is 1. The lowest BCUT2D eigenvalue weighted by Crippen LogP contribution is -2.45. The quantitative estimate of drug-likeness (QED) is 0.646. The summed E-state index contributed by atoms with van der Waals surface area (Å²) in [5.41, 5.74) is 1.79. The Hall–Kier alpha value is -3.13. The fraction of sp³-hybridized carbons (Fsp3) is 0.304. The minimum Gasteiger partial charge on any atom is -0.352 e. The maximum Gasteiger partial charge on any atom is 0.261 e. The second-order valence-corrected chi connectivity index (χ2v) is 9.30. The van der Waals surface area contributed by atoms with Crippen LogP contribution < -0.4 is 10.0 Å². The second kappa shape index (κ2) is 9.78. The molecule has 0 bridgehead atoms. The van der Waals surface area contributed by atoms with E-state index in [0.717, 1.165) is 18.4 Å². The number of nitrogens with zero attached hydrogens (tertiary/aromatic N) is 1. The van der Waals surface area contributed by atoms with Gasteiger partial charge in [0, 0.05) is 30.9 Å². The van der Waals surface area contributed by atoms with Gasteiger partial charge in [0.05, 0.1) is 10.8 Å². The number of carbonyl (C=O) groups is 2. The molecule has 31 heavy (non-hydrogen) atoms. The lowest BCUT2D eigenvalue weighted by atomic mass is 9.96. The van der Waals surface area contributed by atoms with E-state index in [-0.39, 0.29) is 22.6 Å². The molecule has 2 aromatic rings. The minimum absolute atomic E-state index is 0.0711. The SMILES string of the molecule is C=CCNC(=O)[C@@H]1CCCN(C(=O)c2ccc(NS(=O)(=O)c3ccc(C)cc3)cc2)C1. The van der Waals surface area contributed by atoms with Gasteiger partial charge in [-0.1, -0.05) is 23.8 Å². The lowest BCUT2D eigenvalue weighted by molar-refractivity contribution is -0.126. The van der Waals surface area contributed by atoms with Crippen LogP contribution in [0.3, 0.4) is 0 Å². The second-order valence-electron chi connectivity index (χ2n) is 7.62. The van der Waals surface area contributed by atoms with Gasteiger partial charge in [0.1, 0.15) is 0 Å². The molecule has 164 valence electrons. The van der Waals surface area contributed by atoms with Gasteiger partial charge in [-0.2, -0.15) is 0 Å². The summed E-state index contributed by atoms with van der Waals surface area (Å²) in [6.45, 7) is 6.83. The van der Waals surface area contributed by atoms with Crippen molar-refractivity contribution in [3.05, 3.63) is 72.3 Å². The molecule has 0 aromatic heterocycles. The summed E-state index contributed by atoms with van der Waals surface area (Å²) in [7, 11) is -3.71. The van der Waals surface area contributed by atoms with E-state index in [9.17, 15) is 18.0 Å². The number of likely N-dealkylation sites (tertiary alicyclic amines) is 1. The highest BCUT2D eigenvalue weighted by Crippen LogP contribution is 2.21. The van der Waals surface area contributed by atoms with E-state index in [1.807, 2.05) is 6.92 Å². The Morgan fingerprint density at radius 3 is 2.45 bits per heavy atom. The first-order valence-electron chi connectivity index (χ1n) is 10.2. The first-order chi connectivity index (χ1) is 14.8. The topological polar surface area (TPSA) is 95.6 Å². The zero-order valence-corrected chi connectivity index (χ0v) is 18.3. The van der Waals surface area contributed by atoms with Crippen molar-refractivity contribution in [3.63, 3.8) is 0 Å². The number of rotatable bonds is 7. The molecule has 1 atom stereocenters. The predicted molar refractivity (Wildman–Crippen MR) is 120 cm³/mol. The molecule has 0 radical (unpaired) electrons. The Balaban J connectivity index is 1.65. The molecule has 3 rings (SSSR count). The number of hydrogen-bond donors (Lipinski definition) is 2. The van der Waals surface area contributed by atoms with Crippen molar-refractivity contribution in [3.8, 4) is 0 Å². The molecule has 2 aromatic carbocycles. The zero-order valence-electron chi connectivity index (χ0n) is 17.5. The molecule has 7 nitrogen and oxygen atoms in total. The molecule has 8 heteroatoms. The summed E-state index contributed by atoms with van der Waals surface area (Å²) in [6.07, 6.45) is 3.12. The van der Waals surface area contributed by atoms with Crippen LogP contribution in [0.4, 0.5) is 5.69 Å². The number of benzene rings is 2. The van der Waals surface area contributed by atoms with E-state index in [1.54, 1.807) is 59.5 Å². The minimum atomic E-state index is -3.71. The number of anilines is 1. The molecule has 0 aliphatic carbocycles. The summed E-state index contributed by atoms with van der Waals surface area (Å²) < 4.78 is 27.6.